The maximum absolute atomic E-state index is 10.7. The van der Waals surface area contributed by atoms with Crippen molar-refractivity contribution in [1.29, 1.82) is 0 Å². The summed E-state index contributed by atoms with van der Waals surface area (Å²) >= 11 is 0. The van der Waals surface area contributed by atoms with Gasteiger partial charge in [-0.25, -0.2) is 0 Å². The Morgan fingerprint density at radius 1 is 1.12 bits per heavy atom. The second kappa shape index (κ2) is 15.4. The zero-order valence-corrected chi connectivity index (χ0v) is 22.0. The lowest BCUT2D eigenvalue weighted by molar-refractivity contribution is -0.0180. The molecule has 0 radical (unpaired) electrons. The number of nitrogens with one attached hydrogen (secondary N) is 2. The van der Waals surface area contributed by atoms with E-state index in [1.807, 2.05) is 32.0 Å². The summed E-state index contributed by atoms with van der Waals surface area (Å²) in [5, 5.41) is 17.2. The monoisotopic (exact) mass is 566 g/mol. The Labute approximate surface area is 208 Å². The summed E-state index contributed by atoms with van der Waals surface area (Å²) in [5.74, 6) is 2.78. The van der Waals surface area contributed by atoms with Gasteiger partial charge < -0.3 is 34.7 Å². The predicted octanol–water partition coefficient (Wildman–Crippen LogP) is 1.73. The Morgan fingerprint density at radius 3 is 2.34 bits per heavy atom. The highest BCUT2D eigenvalue weighted by Gasteiger charge is 2.25. The SMILES string of the molecule is CCNC(=NCC(C)(O)CN1CCOCC1)NCCCOc1cc(OC)cc(OC)c1.I. The van der Waals surface area contributed by atoms with Crippen LogP contribution in [0.1, 0.15) is 20.3 Å². The number of hydrogen-bond donors (Lipinski definition) is 3. The summed E-state index contributed by atoms with van der Waals surface area (Å²) in [6.07, 6.45) is 0.786. The largest absolute Gasteiger partial charge is 0.496 e. The van der Waals surface area contributed by atoms with Gasteiger partial charge in [-0.2, -0.15) is 0 Å². The third-order valence-electron chi connectivity index (χ3n) is 4.80. The highest BCUT2D eigenvalue weighted by Crippen LogP contribution is 2.27. The van der Waals surface area contributed by atoms with Crippen molar-refractivity contribution in [3.05, 3.63) is 18.2 Å². The number of nitrogens with zero attached hydrogens (tertiary/aromatic N) is 2. The lowest BCUT2D eigenvalue weighted by Crippen LogP contribution is -2.48. The minimum Gasteiger partial charge on any atom is -0.496 e. The van der Waals surface area contributed by atoms with E-state index in [0.717, 1.165) is 26.1 Å². The van der Waals surface area contributed by atoms with Crippen LogP contribution < -0.4 is 24.8 Å². The van der Waals surface area contributed by atoms with Crippen molar-refractivity contribution < 1.29 is 24.1 Å². The lowest BCUT2D eigenvalue weighted by Gasteiger charge is -2.33. The zero-order valence-electron chi connectivity index (χ0n) is 19.7. The van der Waals surface area contributed by atoms with E-state index in [4.69, 9.17) is 18.9 Å². The fraction of sp³-hybridized carbons (Fsp3) is 0.682. The molecule has 1 heterocycles. The fourth-order valence-corrected chi connectivity index (χ4v) is 3.22. The number of ether oxygens (including phenoxy) is 4. The Morgan fingerprint density at radius 2 is 1.75 bits per heavy atom. The maximum atomic E-state index is 10.7. The zero-order chi connectivity index (χ0) is 22.5. The smallest absolute Gasteiger partial charge is 0.191 e. The van der Waals surface area contributed by atoms with Gasteiger partial charge in [0.05, 0.1) is 46.2 Å². The van der Waals surface area contributed by atoms with Crippen LogP contribution in [0.3, 0.4) is 0 Å². The van der Waals surface area contributed by atoms with Gasteiger partial charge >= 0.3 is 0 Å². The number of benzene rings is 1. The van der Waals surface area contributed by atoms with E-state index in [-0.39, 0.29) is 24.0 Å². The molecule has 0 bridgehead atoms. The highest BCUT2D eigenvalue weighted by molar-refractivity contribution is 14.0. The summed E-state index contributed by atoms with van der Waals surface area (Å²) in [7, 11) is 3.23. The second-order valence-electron chi connectivity index (χ2n) is 7.76. The Balaban J connectivity index is 0.00000512. The molecule has 1 fully saturated rings. The number of rotatable bonds is 12. The normalized spacial score (nSPS) is 16.5. The lowest BCUT2D eigenvalue weighted by atomic mass is 10.1. The number of β-amino-alcohol motifs (C(OH)–C–C–N with tert-alkyl or cyclic N) is 1. The Bertz CT molecular complexity index is 662. The molecule has 1 aromatic rings. The van der Waals surface area contributed by atoms with Gasteiger partial charge in [0.15, 0.2) is 5.96 Å². The predicted molar refractivity (Wildman–Crippen MR) is 137 cm³/mol. The topological polar surface area (TPSA) is 96.8 Å². The molecular formula is C22H39IN4O5. The molecule has 184 valence electrons. The van der Waals surface area contributed by atoms with Gasteiger partial charge in [-0.05, 0) is 20.3 Å². The summed E-state index contributed by atoms with van der Waals surface area (Å²) in [6.45, 7) is 9.84. The van der Waals surface area contributed by atoms with E-state index < -0.39 is 5.60 Å². The Hall–Kier alpha value is -1.50. The van der Waals surface area contributed by atoms with Gasteiger partial charge in [0, 0.05) is 50.9 Å². The van der Waals surface area contributed by atoms with Crippen LogP contribution >= 0.6 is 24.0 Å². The molecule has 0 spiro atoms. The molecule has 1 aromatic carbocycles. The van der Waals surface area contributed by atoms with E-state index in [0.29, 0.717) is 62.7 Å². The Kier molecular flexibility index (Phi) is 13.7. The molecule has 9 nitrogen and oxygen atoms in total. The number of aliphatic imine (C=N–C) groups is 1. The number of aliphatic hydroxyl groups is 1. The molecule has 1 saturated heterocycles. The van der Waals surface area contributed by atoms with Crippen LogP contribution in [0.15, 0.2) is 23.2 Å². The number of halogens is 1. The first-order valence-electron chi connectivity index (χ1n) is 10.9. The highest BCUT2D eigenvalue weighted by atomic mass is 127. The molecule has 1 aliphatic heterocycles. The molecular weight excluding hydrogens is 527 g/mol. The van der Waals surface area contributed by atoms with Crippen LogP contribution in [0.25, 0.3) is 0 Å². The van der Waals surface area contributed by atoms with Gasteiger partial charge in [-0.15, -0.1) is 24.0 Å². The van der Waals surface area contributed by atoms with E-state index in [1.54, 1.807) is 14.2 Å². The quantitative estimate of drug-likeness (QED) is 0.153. The molecule has 0 amide bonds. The third-order valence-corrected chi connectivity index (χ3v) is 4.80. The van der Waals surface area contributed by atoms with E-state index in [1.165, 1.54) is 0 Å². The molecule has 10 heteroatoms. The first-order chi connectivity index (χ1) is 15.0. The summed E-state index contributed by atoms with van der Waals surface area (Å²) in [6, 6.07) is 5.47. The minimum atomic E-state index is -0.895. The van der Waals surface area contributed by atoms with Crippen LogP contribution in [-0.2, 0) is 4.74 Å². The van der Waals surface area contributed by atoms with Crippen molar-refractivity contribution in [1.82, 2.24) is 15.5 Å². The average Bonchev–Trinajstić information content (AvgIpc) is 2.77. The van der Waals surface area contributed by atoms with Crippen LogP contribution in [0, 0.1) is 0 Å². The van der Waals surface area contributed by atoms with Gasteiger partial charge in [0.25, 0.3) is 0 Å². The summed E-state index contributed by atoms with van der Waals surface area (Å²) < 4.78 is 21.7. The van der Waals surface area contributed by atoms with Gasteiger partial charge in [-0.3, -0.25) is 9.89 Å². The van der Waals surface area contributed by atoms with Crippen molar-refractivity contribution in [2.45, 2.75) is 25.9 Å². The molecule has 2 rings (SSSR count). The number of hydrogen-bond acceptors (Lipinski definition) is 7. The first-order valence-corrected chi connectivity index (χ1v) is 10.9. The summed E-state index contributed by atoms with van der Waals surface area (Å²) in [4.78, 5) is 6.78. The third kappa shape index (κ3) is 10.9. The average molecular weight is 566 g/mol. The number of methoxy groups -OCH3 is 2. The van der Waals surface area contributed by atoms with Crippen molar-refractivity contribution >= 4 is 29.9 Å². The molecule has 0 aromatic heterocycles. The molecule has 0 saturated carbocycles. The maximum Gasteiger partial charge on any atom is 0.191 e. The molecule has 1 aliphatic rings. The van der Waals surface area contributed by atoms with Gasteiger partial charge in [-0.1, -0.05) is 0 Å². The molecule has 1 unspecified atom stereocenters. The molecule has 0 aliphatic carbocycles. The van der Waals surface area contributed by atoms with Crippen LogP contribution in [-0.4, -0.2) is 94.9 Å². The minimum absolute atomic E-state index is 0. The van der Waals surface area contributed by atoms with Gasteiger partial charge in [0.2, 0.25) is 0 Å². The van der Waals surface area contributed by atoms with Gasteiger partial charge in [0.1, 0.15) is 17.2 Å². The van der Waals surface area contributed by atoms with Crippen molar-refractivity contribution in [2.24, 2.45) is 4.99 Å². The van der Waals surface area contributed by atoms with E-state index in [9.17, 15) is 5.11 Å². The molecule has 3 N–H and O–H groups in total. The second-order valence-corrected chi connectivity index (χ2v) is 7.76. The standard InChI is InChI=1S/C22H38N4O5.HI/c1-5-23-21(25-16-22(2,27)17-26-8-11-30-12-9-26)24-7-6-10-31-20-14-18(28-3)13-19(15-20)29-4;/h13-15,27H,5-12,16-17H2,1-4H3,(H2,23,24,25);1H. The molecule has 32 heavy (non-hydrogen) atoms. The summed E-state index contributed by atoms with van der Waals surface area (Å²) in [5.41, 5.74) is -0.895. The number of morpholine rings is 1. The fourth-order valence-electron chi connectivity index (χ4n) is 3.22. The van der Waals surface area contributed by atoms with Crippen LogP contribution in [0.4, 0.5) is 0 Å². The van der Waals surface area contributed by atoms with Crippen LogP contribution in [0.2, 0.25) is 0 Å². The van der Waals surface area contributed by atoms with Crippen LogP contribution in [0.5, 0.6) is 17.2 Å². The molecule has 1 atom stereocenters. The van der Waals surface area contributed by atoms with E-state index in [2.05, 4.69) is 20.5 Å². The van der Waals surface area contributed by atoms with Crippen molar-refractivity contribution in [2.75, 3.05) is 73.3 Å². The van der Waals surface area contributed by atoms with Crippen molar-refractivity contribution in [3.63, 3.8) is 0 Å². The first kappa shape index (κ1) is 28.5. The van der Waals surface area contributed by atoms with E-state index >= 15 is 0 Å². The number of guanidine groups is 1. The van der Waals surface area contributed by atoms with Crippen molar-refractivity contribution in [3.8, 4) is 17.2 Å².